The van der Waals surface area contributed by atoms with Crippen molar-refractivity contribution in [2.24, 2.45) is 11.7 Å². The molecular weight excluding hydrogens is 288 g/mol. The number of halogens is 1. The largest absolute Gasteiger partial charge is 0.507 e. The molecule has 0 amide bonds. The summed E-state index contributed by atoms with van der Waals surface area (Å²) in [6.45, 7) is 4.76. The van der Waals surface area contributed by atoms with Gasteiger partial charge < -0.3 is 16.2 Å². The minimum absolute atomic E-state index is 0.0444. The second-order valence-corrected chi connectivity index (χ2v) is 5.65. The van der Waals surface area contributed by atoms with Gasteiger partial charge in [0.05, 0.1) is 5.56 Å². The van der Waals surface area contributed by atoms with Crippen molar-refractivity contribution in [3.05, 3.63) is 35.5 Å². The van der Waals surface area contributed by atoms with Gasteiger partial charge in [0.25, 0.3) is 0 Å². The molecule has 0 aliphatic heterocycles. The lowest BCUT2D eigenvalue weighted by molar-refractivity contribution is 0.477. The molecule has 1 heterocycles. The Morgan fingerprint density at radius 1 is 1.33 bits per heavy atom. The van der Waals surface area contributed by atoms with E-state index in [2.05, 4.69) is 29.1 Å². The fourth-order valence-corrected chi connectivity index (χ4v) is 1.90. The second kappa shape index (κ2) is 6.74. The van der Waals surface area contributed by atoms with E-state index in [0.29, 0.717) is 34.7 Å². The maximum Gasteiger partial charge on any atom is 0.165 e. The van der Waals surface area contributed by atoms with Crippen LogP contribution in [0.2, 0.25) is 5.02 Å². The third-order valence-corrected chi connectivity index (χ3v) is 3.47. The Hall–Kier alpha value is -1.85. The van der Waals surface area contributed by atoms with Gasteiger partial charge in [-0.25, -0.2) is 9.97 Å². The molecule has 2 aromatic rings. The molecule has 112 valence electrons. The van der Waals surface area contributed by atoms with Crippen LogP contribution in [-0.4, -0.2) is 27.7 Å². The van der Waals surface area contributed by atoms with Gasteiger partial charge in [0, 0.05) is 23.8 Å². The van der Waals surface area contributed by atoms with Crippen LogP contribution in [0.4, 0.5) is 5.82 Å². The molecular formula is C15H19ClN4O. The molecule has 1 atom stereocenters. The average molecular weight is 307 g/mol. The summed E-state index contributed by atoms with van der Waals surface area (Å²) in [5.74, 6) is 1.56. The van der Waals surface area contributed by atoms with E-state index in [-0.39, 0.29) is 11.8 Å². The van der Waals surface area contributed by atoms with E-state index >= 15 is 0 Å². The van der Waals surface area contributed by atoms with Crippen LogP contribution in [0.5, 0.6) is 5.75 Å². The van der Waals surface area contributed by atoms with Crippen LogP contribution in [0.15, 0.2) is 30.5 Å². The van der Waals surface area contributed by atoms with Crippen molar-refractivity contribution in [1.29, 1.82) is 0 Å². The first-order valence-corrected chi connectivity index (χ1v) is 7.16. The molecule has 0 aliphatic rings. The van der Waals surface area contributed by atoms with E-state index in [9.17, 15) is 5.11 Å². The molecule has 1 aromatic heterocycles. The molecule has 5 nitrogen and oxygen atoms in total. The first-order valence-electron chi connectivity index (χ1n) is 6.78. The lowest BCUT2D eigenvalue weighted by Crippen LogP contribution is -2.34. The second-order valence-electron chi connectivity index (χ2n) is 5.22. The predicted molar refractivity (Wildman–Crippen MR) is 85.4 cm³/mol. The van der Waals surface area contributed by atoms with Crippen molar-refractivity contribution in [1.82, 2.24) is 9.97 Å². The molecule has 6 heteroatoms. The summed E-state index contributed by atoms with van der Waals surface area (Å²) in [4.78, 5) is 8.55. The molecule has 0 saturated carbocycles. The molecule has 0 aliphatic carbocycles. The zero-order valence-corrected chi connectivity index (χ0v) is 12.8. The number of nitrogens with two attached hydrogens (primary N) is 1. The molecule has 0 radical (unpaired) electrons. The Bertz CT molecular complexity index is 618. The predicted octanol–water partition coefficient (Wildman–Crippen LogP) is 2.90. The highest BCUT2D eigenvalue weighted by Gasteiger charge is 2.10. The van der Waals surface area contributed by atoms with Gasteiger partial charge in [-0.15, -0.1) is 0 Å². The van der Waals surface area contributed by atoms with Crippen molar-refractivity contribution in [3.63, 3.8) is 0 Å². The van der Waals surface area contributed by atoms with Crippen LogP contribution in [0.1, 0.15) is 13.8 Å². The molecule has 0 fully saturated rings. The number of rotatable bonds is 5. The molecule has 0 saturated heterocycles. The number of benzene rings is 1. The van der Waals surface area contributed by atoms with E-state index in [4.69, 9.17) is 17.3 Å². The Morgan fingerprint density at radius 2 is 2.10 bits per heavy atom. The lowest BCUT2D eigenvalue weighted by Gasteiger charge is -2.16. The van der Waals surface area contributed by atoms with Crippen molar-refractivity contribution >= 4 is 17.4 Å². The summed E-state index contributed by atoms with van der Waals surface area (Å²) in [5, 5.41) is 13.6. The normalized spacial score (nSPS) is 12.4. The minimum Gasteiger partial charge on any atom is -0.507 e. The number of aromatic nitrogens is 2. The first kappa shape index (κ1) is 15.5. The van der Waals surface area contributed by atoms with E-state index in [1.54, 1.807) is 24.4 Å². The van der Waals surface area contributed by atoms with E-state index in [1.807, 2.05) is 0 Å². The summed E-state index contributed by atoms with van der Waals surface area (Å²) >= 11 is 5.95. The fourth-order valence-electron chi connectivity index (χ4n) is 1.73. The van der Waals surface area contributed by atoms with E-state index in [0.717, 1.165) is 0 Å². The third-order valence-electron chi connectivity index (χ3n) is 3.23. The third kappa shape index (κ3) is 4.06. The fraction of sp³-hybridized carbons (Fsp3) is 0.333. The van der Waals surface area contributed by atoms with Crippen LogP contribution in [0.25, 0.3) is 11.4 Å². The summed E-state index contributed by atoms with van der Waals surface area (Å²) in [6, 6.07) is 6.58. The number of hydrogen-bond acceptors (Lipinski definition) is 5. The highest BCUT2D eigenvalue weighted by atomic mass is 35.5. The summed E-state index contributed by atoms with van der Waals surface area (Å²) < 4.78 is 0. The Kier molecular flexibility index (Phi) is 4.98. The van der Waals surface area contributed by atoms with Gasteiger partial charge in [-0.05, 0) is 30.2 Å². The van der Waals surface area contributed by atoms with E-state index < -0.39 is 0 Å². The number of anilines is 1. The highest BCUT2D eigenvalue weighted by Crippen LogP contribution is 2.29. The molecule has 4 N–H and O–H groups in total. The molecule has 0 spiro atoms. The minimum atomic E-state index is 0.0444. The maximum atomic E-state index is 9.89. The average Bonchev–Trinajstić information content (AvgIpc) is 2.47. The monoisotopic (exact) mass is 306 g/mol. The number of phenols is 1. The van der Waals surface area contributed by atoms with Gasteiger partial charge in [-0.2, -0.15) is 0 Å². The van der Waals surface area contributed by atoms with Crippen LogP contribution in [0, 0.1) is 5.92 Å². The van der Waals surface area contributed by atoms with Gasteiger partial charge in [0.1, 0.15) is 11.6 Å². The lowest BCUT2D eigenvalue weighted by atomic mass is 10.1. The smallest absolute Gasteiger partial charge is 0.165 e. The van der Waals surface area contributed by atoms with Gasteiger partial charge in [0.2, 0.25) is 0 Å². The molecule has 21 heavy (non-hydrogen) atoms. The van der Waals surface area contributed by atoms with Gasteiger partial charge >= 0.3 is 0 Å². The quantitative estimate of drug-likeness (QED) is 0.791. The number of aromatic hydroxyl groups is 1. The Morgan fingerprint density at radius 3 is 2.81 bits per heavy atom. The summed E-state index contributed by atoms with van der Waals surface area (Å²) in [5.41, 5.74) is 6.49. The zero-order valence-electron chi connectivity index (χ0n) is 12.0. The van der Waals surface area contributed by atoms with Crippen LogP contribution >= 0.6 is 11.6 Å². The summed E-state index contributed by atoms with van der Waals surface area (Å²) in [7, 11) is 0. The summed E-state index contributed by atoms with van der Waals surface area (Å²) in [6.07, 6.45) is 1.63. The van der Waals surface area contributed by atoms with Crippen molar-refractivity contribution < 1.29 is 5.11 Å². The number of nitrogens with zero attached hydrogens (tertiary/aromatic N) is 2. The Balaban J connectivity index is 2.19. The number of hydrogen-bond donors (Lipinski definition) is 3. The maximum absolute atomic E-state index is 9.89. The molecule has 2 rings (SSSR count). The van der Waals surface area contributed by atoms with E-state index in [1.165, 1.54) is 6.07 Å². The van der Waals surface area contributed by atoms with Crippen LogP contribution in [0.3, 0.4) is 0 Å². The topological polar surface area (TPSA) is 84.1 Å². The first-order chi connectivity index (χ1) is 9.97. The van der Waals surface area contributed by atoms with Crippen LogP contribution < -0.4 is 11.1 Å². The molecule has 1 aromatic carbocycles. The standard InChI is InChI=1S/C15H19ClN4O/c1-9(2)12(17)8-19-14-5-6-18-15(20-14)11-7-10(16)3-4-13(11)21/h3-7,9,12,21H,8,17H2,1-2H3,(H,18,19,20). The molecule has 1 unspecified atom stereocenters. The van der Waals surface area contributed by atoms with Crippen LogP contribution in [-0.2, 0) is 0 Å². The van der Waals surface area contributed by atoms with Crippen molar-refractivity contribution in [3.8, 4) is 17.1 Å². The van der Waals surface area contributed by atoms with Gasteiger partial charge in [-0.3, -0.25) is 0 Å². The SMILES string of the molecule is CC(C)C(N)CNc1ccnc(-c2cc(Cl)ccc2O)n1. The van der Waals surface area contributed by atoms with Crippen molar-refractivity contribution in [2.75, 3.05) is 11.9 Å². The Labute approximate surface area is 129 Å². The number of phenolic OH excluding ortho intramolecular Hbond substituents is 1. The van der Waals surface area contributed by atoms with Gasteiger partial charge in [0.15, 0.2) is 5.82 Å². The molecule has 0 bridgehead atoms. The van der Waals surface area contributed by atoms with Gasteiger partial charge in [-0.1, -0.05) is 25.4 Å². The highest BCUT2D eigenvalue weighted by molar-refractivity contribution is 6.30. The number of nitrogens with one attached hydrogen (secondary N) is 1. The zero-order chi connectivity index (χ0) is 15.4. The van der Waals surface area contributed by atoms with Crippen molar-refractivity contribution in [2.45, 2.75) is 19.9 Å².